The highest BCUT2D eigenvalue weighted by molar-refractivity contribution is 5.90. The van der Waals surface area contributed by atoms with E-state index in [-0.39, 0.29) is 11.5 Å². The van der Waals surface area contributed by atoms with Gasteiger partial charge in [0.15, 0.2) is 0 Å². The summed E-state index contributed by atoms with van der Waals surface area (Å²) in [6.07, 6.45) is 0.752. The zero-order chi connectivity index (χ0) is 14.1. The average Bonchev–Trinajstić information content (AvgIpc) is 2.47. The number of hydrogen-bond donors (Lipinski definition) is 2. The zero-order valence-electron chi connectivity index (χ0n) is 10.6. The van der Waals surface area contributed by atoms with E-state index in [1.54, 1.807) is 24.3 Å². The highest BCUT2D eigenvalue weighted by atomic mass is 16.3. The smallest absolute Gasteiger partial charge is 0.150 e. The molecule has 0 spiro atoms. The van der Waals surface area contributed by atoms with Crippen molar-refractivity contribution in [3.63, 3.8) is 0 Å². The third-order valence-electron chi connectivity index (χ3n) is 3.29. The fourth-order valence-electron chi connectivity index (χ4n) is 2.26. The van der Waals surface area contributed by atoms with E-state index in [1.807, 2.05) is 24.3 Å². The van der Waals surface area contributed by atoms with Gasteiger partial charge in [0.1, 0.15) is 17.8 Å². The molecular formula is C17H12O3. The number of benzene rings is 3. The van der Waals surface area contributed by atoms with E-state index >= 15 is 0 Å². The minimum atomic E-state index is 0.133. The van der Waals surface area contributed by atoms with Crippen LogP contribution >= 0.6 is 0 Å². The molecule has 0 heterocycles. The summed E-state index contributed by atoms with van der Waals surface area (Å²) in [5.74, 6) is 0.352. The van der Waals surface area contributed by atoms with Crippen molar-refractivity contribution in [1.29, 1.82) is 0 Å². The van der Waals surface area contributed by atoms with Crippen molar-refractivity contribution in [2.75, 3.05) is 0 Å². The molecule has 3 rings (SSSR count). The molecule has 0 radical (unpaired) electrons. The number of fused-ring (bicyclic) bond motifs is 1. The van der Waals surface area contributed by atoms with Crippen LogP contribution in [0.3, 0.4) is 0 Å². The summed E-state index contributed by atoms with van der Waals surface area (Å²) in [4.78, 5) is 10.8. The standard InChI is InChI=1S/C17H12O3/c18-10-11-1-6-17(20)16(7-11)14-3-2-13-9-15(19)5-4-12(13)8-14/h1-10,19-20H. The van der Waals surface area contributed by atoms with Gasteiger partial charge in [-0.15, -0.1) is 0 Å². The summed E-state index contributed by atoms with van der Waals surface area (Å²) in [5, 5.41) is 21.3. The van der Waals surface area contributed by atoms with E-state index in [0.29, 0.717) is 11.1 Å². The molecule has 3 heteroatoms. The van der Waals surface area contributed by atoms with E-state index < -0.39 is 0 Å². The number of aromatic hydroxyl groups is 2. The molecule has 0 fully saturated rings. The molecule has 3 nitrogen and oxygen atoms in total. The number of phenolic OH excluding ortho intramolecular Hbond substituents is 2. The molecule has 2 N–H and O–H groups in total. The summed E-state index contributed by atoms with van der Waals surface area (Å²) in [5.41, 5.74) is 1.96. The molecule has 3 aromatic rings. The number of aldehydes is 1. The predicted octanol–water partition coefficient (Wildman–Crippen LogP) is 3.73. The molecule has 0 aromatic heterocycles. The van der Waals surface area contributed by atoms with E-state index in [9.17, 15) is 15.0 Å². The summed E-state index contributed by atoms with van der Waals surface area (Å²) in [6.45, 7) is 0. The SMILES string of the molecule is O=Cc1ccc(O)c(-c2ccc3cc(O)ccc3c2)c1. The lowest BCUT2D eigenvalue weighted by atomic mass is 9.99. The molecule has 0 atom stereocenters. The van der Waals surface area contributed by atoms with E-state index in [0.717, 1.165) is 22.6 Å². The number of carbonyl (C=O) groups is 1. The number of hydrogen-bond acceptors (Lipinski definition) is 3. The molecule has 98 valence electrons. The first-order valence-corrected chi connectivity index (χ1v) is 6.19. The Hall–Kier alpha value is -2.81. The average molecular weight is 264 g/mol. The fourth-order valence-corrected chi connectivity index (χ4v) is 2.26. The maximum absolute atomic E-state index is 10.8. The van der Waals surface area contributed by atoms with Gasteiger partial charge in [0.05, 0.1) is 0 Å². The van der Waals surface area contributed by atoms with Gasteiger partial charge < -0.3 is 10.2 Å². The summed E-state index contributed by atoms with van der Waals surface area (Å²) < 4.78 is 0. The van der Waals surface area contributed by atoms with Gasteiger partial charge in [-0.05, 0) is 52.7 Å². The summed E-state index contributed by atoms with van der Waals surface area (Å²) >= 11 is 0. The first-order valence-electron chi connectivity index (χ1n) is 6.19. The summed E-state index contributed by atoms with van der Waals surface area (Å²) in [7, 11) is 0. The Labute approximate surface area is 115 Å². The maximum Gasteiger partial charge on any atom is 0.150 e. The lowest BCUT2D eigenvalue weighted by molar-refractivity contribution is 0.112. The Bertz CT molecular complexity index is 806. The second-order valence-electron chi connectivity index (χ2n) is 4.64. The van der Waals surface area contributed by atoms with Gasteiger partial charge in [0.25, 0.3) is 0 Å². The van der Waals surface area contributed by atoms with Crippen LogP contribution in [-0.4, -0.2) is 16.5 Å². The van der Waals surface area contributed by atoms with E-state index in [1.165, 1.54) is 6.07 Å². The number of rotatable bonds is 2. The van der Waals surface area contributed by atoms with Gasteiger partial charge in [-0.2, -0.15) is 0 Å². The first-order chi connectivity index (χ1) is 9.67. The van der Waals surface area contributed by atoms with Gasteiger partial charge >= 0.3 is 0 Å². The maximum atomic E-state index is 10.8. The fraction of sp³-hybridized carbons (Fsp3) is 0. The third kappa shape index (κ3) is 2.10. The van der Waals surface area contributed by atoms with E-state index in [4.69, 9.17) is 0 Å². The van der Waals surface area contributed by atoms with Crippen LogP contribution in [0.4, 0.5) is 0 Å². The Morgan fingerprint density at radius 2 is 1.55 bits per heavy atom. The monoisotopic (exact) mass is 264 g/mol. The first kappa shape index (κ1) is 12.2. The second kappa shape index (κ2) is 4.70. The number of carbonyl (C=O) groups excluding carboxylic acids is 1. The topological polar surface area (TPSA) is 57.5 Å². The van der Waals surface area contributed by atoms with Gasteiger partial charge in [-0.3, -0.25) is 4.79 Å². The summed E-state index contributed by atoms with van der Waals surface area (Å²) in [6, 6.07) is 15.5. The molecule has 3 aromatic carbocycles. The van der Waals surface area contributed by atoms with E-state index in [2.05, 4.69) is 0 Å². The molecule has 0 saturated heterocycles. The predicted molar refractivity (Wildman–Crippen MR) is 78.1 cm³/mol. The lowest BCUT2D eigenvalue weighted by Gasteiger charge is -2.07. The normalized spacial score (nSPS) is 10.6. The van der Waals surface area contributed by atoms with Crippen molar-refractivity contribution in [1.82, 2.24) is 0 Å². The van der Waals surface area contributed by atoms with Crippen LogP contribution in [0, 0.1) is 0 Å². The minimum absolute atomic E-state index is 0.133. The highest BCUT2D eigenvalue weighted by Gasteiger charge is 2.06. The van der Waals surface area contributed by atoms with Crippen LogP contribution in [0.1, 0.15) is 10.4 Å². The van der Waals surface area contributed by atoms with Crippen molar-refractivity contribution >= 4 is 17.1 Å². The van der Waals surface area contributed by atoms with Crippen LogP contribution in [0.25, 0.3) is 21.9 Å². The Morgan fingerprint density at radius 3 is 2.35 bits per heavy atom. The highest BCUT2D eigenvalue weighted by Crippen LogP contribution is 2.32. The van der Waals surface area contributed by atoms with Crippen molar-refractivity contribution in [3.8, 4) is 22.6 Å². The quantitative estimate of drug-likeness (QED) is 0.693. The second-order valence-corrected chi connectivity index (χ2v) is 4.64. The van der Waals surface area contributed by atoms with Crippen LogP contribution in [0.2, 0.25) is 0 Å². The van der Waals surface area contributed by atoms with Crippen molar-refractivity contribution in [3.05, 3.63) is 60.2 Å². The van der Waals surface area contributed by atoms with Crippen molar-refractivity contribution < 1.29 is 15.0 Å². The Morgan fingerprint density at radius 1 is 0.800 bits per heavy atom. The molecule has 0 bridgehead atoms. The molecule has 0 amide bonds. The molecule has 0 aliphatic heterocycles. The minimum Gasteiger partial charge on any atom is -0.508 e. The van der Waals surface area contributed by atoms with Crippen molar-refractivity contribution in [2.45, 2.75) is 0 Å². The van der Waals surface area contributed by atoms with Gasteiger partial charge in [-0.25, -0.2) is 0 Å². The molecule has 20 heavy (non-hydrogen) atoms. The van der Waals surface area contributed by atoms with Crippen LogP contribution in [-0.2, 0) is 0 Å². The largest absolute Gasteiger partial charge is 0.508 e. The van der Waals surface area contributed by atoms with Gasteiger partial charge in [-0.1, -0.05) is 18.2 Å². The third-order valence-corrected chi connectivity index (χ3v) is 3.29. The van der Waals surface area contributed by atoms with Gasteiger partial charge in [0, 0.05) is 11.1 Å². The molecule has 0 unspecified atom stereocenters. The van der Waals surface area contributed by atoms with Crippen LogP contribution < -0.4 is 0 Å². The van der Waals surface area contributed by atoms with Crippen LogP contribution in [0.15, 0.2) is 54.6 Å². The molecule has 0 saturated carbocycles. The molecule has 0 aliphatic rings. The van der Waals surface area contributed by atoms with Gasteiger partial charge in [0.2, 0.25) is 0 Å². The number of phenols is 2. The lowest BCUT2D eigenvalue weighted by Crippen LogP contribution is -1.84. The zero-order valence-corrected chi connectivity index (χ0v) is 10.6. The Balaban J connectivity index is 2.19. The molecular weight excluding hydrogens is 252 g/mol. The Kier molecular flexibility index (Phi) is 2.88. The van der Waals surface area contributed by atoms with Crippen molar-refractivity contribution in [2.24, 2.45) is 0 Å². The molecule has 0 aliphatic carbocycles. The van der Waals surface area contributed by atoms with Crippen LogP contribution in [0.5, 0.6) is 11.5 Å².